The summed E-state index contributed by atoms with van der Waals surface area (Å²) in [6, 6.07) is -0.821. The number of allylic oxidation sites excluding steroid dienone is 1. The van der Waals surface area contributed by atoms with Gasteiger partial charge in [-0.2, -0.15) is 0 Å². The number of ether oxygens (including phenoxy) is 1. The van der Waals surface area contributed by atoms with Crippen LogP contribution in [0.1, 0.15) is 6.42 Å². The molecule has 0 bridgehead atoms. The molecular formula is C10H14F2N2O4. The molecule has 0 aromatic heterocycles. The summed E-state index contributed by atoms with van der Waals surface area (Å²) < 4.78 is 31.6. The van der Waals surface area contributed by atoms with Crippen LogP contribution in [0.3, 0.4) is 0 Å². The van der Waals surface area contributed by atoms with Gasteiger partial charge < -0.3 is 15.2 Å². The minimum Gasteiger partial charge on any atom is -0.394 e. The maximum atomic E-state index is 13.6. The number of carbonyl (C=O) groups excluding carboxylic acids is 2. The molecule has 0 radical (unpaired) electrons. The Morgan fingerprint density at radius 1 is 1.67 bits per heavy atom. The summed E-state index contributed by atoms with van der Waals surface area (Å²) in [5.41, 5.74) is 0. The van der Waals surface area contributed by atoms with Gasteiger partial charge in [0.1, 0.15) is 6.17 Å². The van der Waals surface area contributed by atoms with Crippen molar-refractivity contribution >= 4 is 12.3 Å². The van der Waals surface area contributed by atoms with Gasteiger partial charge in [0.15, 0.2) is 18.3 Å². The Hall–Kier alpha value is -1.54. The second-order valence-corrected chi connectivity index (χ2v) is 3.68. The van der Waals surface area contributed by atoms with E-state index in [1.165, 1.54) is 7.05 Å². The van der Waals surface area contributed by atoms with Gasteiger partial charge in [0.2, 0.25) is 0 Å². The number of aliphatic hydroxyl groups excluding tert-OH is 1. The Morgan fingerprint density at radius 2 is 2.33 bits per heavy atom. The van der Waals surface area contributed by atoms with Gasteiger partial charge >= 0.3 is 6.03 Å². The van der Waals surface area contributed by atoms with E-state index in [0.29, 0.717) is 11.1 Å². The van der Waals surface area contributed by atoms with Crippen LogP contribution in [-0.2, 0) is 9.53 Å². The van der Waals surface area contributed by atoms with E-state index in [1.54, 1.807) is 0 Å². The molecule has 1 saturated heterocycles. The molecule has 0 saturated carbocycles. The minimum atomic E-state index is -1.57. The molecule has 1 heterocycles. The molecule has 1 aliphatic heterocycles. The Balaban J connectivity index is 2.90. The summed E-state index contributed by atoms with van der Waals surface area (Å²) in [4.78, 5) is 22.3. The molecule has 0 aromatic rings. The van der Waals surface area contributed by atoms with Gasteiger partial charge in [-0.25, -0.2) is 13.6 Å². The zero-order chi connectivity index (χ0) is 13.7. The van der Waals surface area contributed by atoms with E-state index in [2.05, 4.69) is 5.32 Å². The molecule has 3 atom stereocenters. The lowest BCUT2D eigenvalue weighted by molar-refractivity contribution is -0.106. The third kappa shape index (κ3) is 3.23. The predicted molar refractivity (Wildman–Crippen MR) is 56.8 cm³/mol. The molecule has 1 aliphatic rings. The Bertz CT molecular complexity index is 351. The predicted octanol–water partition coefficient (Wildman–Crippen LogP) is 0.0830. The zero-order valence-corrected chi connectivity index (χ0v) is 9.68. The third-order valence-corrected chi connectivity index (χ3v) is 2.43. The van der Waals surface area contributed by atoms with E-state index in [4.69, 9.17) is 9.84 Å². The van der Waals surface area contributed by atoms with Crippen LogP contribution in [0.15, 0.2) is 12.0 Å². The number of amides is 2. The van der Waals surface area contributed by atoms with Crippen molar-refractivity contribution in [1.29, 1.82) is 0 Å². The number of carbonyl (C=O) groups is 2. The summed E-state index contributed by atoms with van der Waals surface area (Å²) in [6.07, 6.45) is -3.36. The van der Waals surface area contributed by atoms with Crippen molar-refractivity contribution in [3.63, 3.8) is 0 Å². The summed E-state index contributed by atoms with van der Waals surface area (Å²) in [5.74, 6) is -1.23. The summed E-state index contributed by atoms with van der Waals surface area (Å²) in [6.45, 7) is -0.404. The summed E-state index contributed by atoms with van der Waals surface area (Å²) >= 11 is 0. The molecule has 1 rings (SSSR count). The largest absolute Gasteiger partial charge is 0.394 e. The maximum absolute atomic E-state index is 13.6. The Kier molecular flexibility index (Phi) is 5.17. The van der Waals surface area contributed by atoms with Crippen LogP contribution in [0.2, 0.25) is 0 Å². The van der Waals surface area contributed by atoms with Crippen molar-refractivity contribution in [3.8, 4) is 0 Å². The number of halogens is 2. The van der Waals surface area contributed by atoms with Gasteiger partial charge in [0, 0.05) is 13.5 Å². The number of urea groups is 1. The molecule has 2 amide bonds. The maximum Gasteiger partial charge on any atom is 0.323 e. The van der Waals surface area contributed by atoms with Crippen molar-refractivity contribution in [2.75, 3.05) is 13.7 Å². The lowest BCUT2D eigenvalue weighted by Gasteiger charge is -2.25. The first kappa shape index (κ1) is 14.5. The van der Waals surface area contributed by atoms with E-state index in [9.17, 15) is 18.4 Å². The van der Waals surface area contributed by atoms with Crippen molar-refractivity contribution < 1.29 is 28.2 Å². The SMILES string of the molecule is CNC(=O)N(/C=C(/F)C=O)C1OC(CO)CC1F. The second-order valence-electron chi connectivity index (χ2n) is 3.68. The first-order valence-electron chi connectivity index (χ1n) is 5.26. The molecule has 0 aromatic carbocycles. The number of nitrogens with one attached hydrogen (secondary N) is 1. The molecule has 2 N–H and O–H groups in total. The topological polar surface area (TPSA) is 78.9 Å². The quantitative estimate of drug-likeness (QED) is 0.557. The lowest BCUT2D eigenvalue weighted by Crippen LogP contribution is -2.45. The minimum absolute atomic E-state index is 0.106. The number of rotatable bonds is 4. The molecular weight excluding hydrogens is 250 g/mol. The average molecular weight is 264 g/mol. The van der Waals surface area contributed by atoms with E-state index in [1.807, 2.05) is 0 Å². The fraction of sp³-hybridized carbons (Fsp3) is 0.600. The van der Waals surface area contributed by atoms with Crippen LogP contribution in [0, 0.1) is 0 Å². The van der Waals surface area contributed by atoms with Gasteiger partial charge in [-0.3, -0.25) is 9.69 Å². The highest BCUT2D eigenvalue weighted by molar-refractivity contribution is 5.77. The van der Waals surface area contributed by atoms with Gasteiger partial charge in [0.05, 0.1) is 18.9 Å². The number of aldehydes is 1. The van der Waals surface area contributed by atoms with Crippen LogP contribution in [0.5, 0.6) is 0 Å². The highest BCUT2D eigenvalue weighted by atomic mass is 19.1. The van der Waals surface area contributed by atoms with Crippen LogP contribution in [0.25, 0.3) is 0 Å². The number of aliphatic hydroxyl groups is 1. The van der Waals surface area contributed by atoms with Crippen molar-refractivity contribution in [2.45, 2.75) is 24.9 Å². The average Bonchev–Trinajstić information content (AvgIpc) is 2.75. The smallest absolute Gasteiger partial charge is 0.323 e. The monoisotopic (exact) mass is 264 g/mol. The molecule has 6 nitrogen and oxygen atoms in total. The third-order valence-electron chi connectivity index (χ3n) is 2.43. The number of alkyl halides is 1. The Morgan fingerprint density at radius 3 is 2.78 bits per heavy atom. The lowest BCUT2D eigenvalue weighted by atomic mass is 10.2. The van der Waals surface area contributed by atoms with E-state index >= 15 is 0 Å². The van der Waals surface area contributed by atoms with E-state index < -0.39 is 37.0 Å². The van der Waals surface area contributed by atoms with Crippen LogP contribution >= 0.6 is 0 Å². The van der Waals surface area contributed by atoms with Gasteiger partial charge in [-0.15, -0.1) is 0 Å². The fourth-order valence-electron chi connectivity index (χ4n) is 1.60. The molecule has 0 spiro atoms. The molecule has 0 aliphatic carbocycles. The van der Waals surface area contributed by atoms with Gasteiger partial charge in [-0.05, 0) is 0 Å². The second kappa shape index (κ2) is 6.41. The number of nitrogens with zero attached hydrogens (tertiary/aromatic N) is 1. The van der Waals surface area contributed by atoms with Crippen LogP contribution in [0.4, 0.5) is 13.6 Å². The first-order valence-corrected chi connectivity index (χ1v) is 5.26. The molecule has 18 heavy (non-hydrogen) atoms. The van der Waals surface area contributed by atoms with Gasteiger partial charge in [-0.1, -0.05) is 0 Å². The summed E-state index contributed by atoms with van der Waals surface area (Å²) in [5, 5.41) is 11.0. The van der Waals surface area contributed by atoms with Crippen molar-refractivity contribution in [3.05, 3.63) is 12.0 Å². The first-order chi connectivity index (χ1) is 8.53. The molecule has 8 heteroatoms. The number of hydrogen-bond acceptors (Lipinski definition) is 4. The van der Waals surface area contributed by atoms with Crippen LogP contribution in [-0.4, -0.2) is 54.5 Å². The molecule has 3 unspecified atom stereocenters. The normalized spacial score (nSPS) is 28.0. The number of hydrogen-bond donors (Lipinski definition) is 2. The van der Waals surface area contributed by atoms with Gasteiger partial charge in [0.25, 0.3) is 0 Å². The van der Waals surface area contributed by atoms with Crippen molar-refractivity contribution in [1.82, 2.24) is 10.2 Å². The highest BCUT2D eigenvalue weighted by Crippen LogP contribution is 2.26. The standard InChI is InChI=1S/C10H14F2N2O4/c1-13-10(17)14(3-6(11)4-15)9-8(12)2-7(5-16)18-9/h3-4,7-9,16H,2,5H2,1H3,(H,13,17)/b6-3+. The zero-order valence-electron chi connectivity index (χ0n) is 9.68. The van der Waals surface area contributed by atoms with E-state index in [0.717, 1.165) is 0 Å². The summed E-state index contributed by atoms with van der Waals surface area (Å²) in [7, 11) is 1.27. The Labute approximate surface area is 102 Å². The molecule has 1 fully saturated rings. The fourth-order valence-corrected chi connectivity index (χ4v) is 1.60. The molecule has 102 valence electrons. The van der Waals surface area contributed by atoms with Crippen LogP contribution < -0.4 is 5.32 Å². The highest BCUT2D eigenvalue weighted by Gasteiger charge is 2.40. The van der Waals surface area contributed by atoms with E-state index in [-0.39, 0.29) is 12.7 Å². The van der Waals surface area contributed by atoms with Crippen molar-refractivity contribution in [2.24, 2.45) is 0 Å².